The van der Waals surface area contributed by atoms with E-state index in [2.05, 4.69) is 39.1 Å². The summed E-state index contributed by atoms with van der Waals surface area (Å²) in [6, 6.07) is 7.99. The molecule has 2 nitrogen and oxygen atoms in total. The van der Waals surface area contributed by atoms with Crippen LogP contribution in [0, 0.1) is 22.2 Å². The minimum absolute atomic E-state index is 0.346. The van der Waals surface area contributed by atoms with Crippen LogP contribution < -0.4 is 5.32 Å². The van der Waals surface area contributed by atoms with Crippen LogP contribution in [-0.2, 0) is 0 Å². The maximum Gasteiger partial charge on any atom is 0.0992 e. The van der Waals surface area contributed by atoms with Gasteiger partial charge in [-0.2, -0.15) is 5.26 Å². The van der Waals surface area contributed by atoms with Gasteiger partial charge in [0.1, 0.15) is 0 Å². The van der Waals surface area contributed by atoms with Crippen molar-refractivity contribution >= 4 is 17.3 Å². The van der Waals surface area contributed by atoms with Gasteiger partial charge in [-0.25, -0.2) is 0 Å². The van der Waals surface area contributed by atoms with Crippen molar-refractivity contribution in [2.45, 2.75) is 53.0 Å². The Bertz CT molecular complexity index is 524. The molecule has 1 fully saturated rings. The number of rotatable bonds is 2. The van der Waals surface area contributed by atoms with Crippen LogP contribution in [0.5, 0.6) is 0 Å². The second kappa shape index (κ2) is 5.30. The lowest BCUT2D eigenvalue weighted by atomic mass is 9.63. The van der Waals surface area contributed by atoms with Crippen LogP contribution in [0.4, 0.5) is 5.69 Å². The molecule has 3 heteroatoms. The van der Waals surface area contributed by atoms with Gasteiger partial charge in [-0.05, 0) is 48.3 Å². The summed E-state index contributed by atoms with van der Waals surface area (Å²) in [5.41, 5.74) is 2.23. The number of hydrogen-bond acceptors (Lipinski definition) is 2. The standard InChI is InChI=1S/C17H23ClN2/c1-16(2)8-13(9-17(3,4)11-16)20-15-6-5-12(10-19)7-14(15)18/h5-7,13,20H,8-9,11H2,1-4H3. The normalized spacial score (nSPS) is 21.2. The van der Waals surface area contributed by atoms with Crippen LogP contribution >= 0.6 is 11.6 Å². The van der Waals surface area contributed by atoms with E-state index in [1.165, 1.54) is 6.42 Å². The quantitative estimate of drug-likeness (QED) is 0.809. The minimum Gasteiger partial charge on any atom is -0.381 e. The molecule has 0 bridgehead atoms. The Labute approximate surface area is 127 Å². The molecule has 108 valence electrons. The number of nitrogens with zero attached hydrogens (tertiary/aromatic N) is 1. The van der Waals surface area contributed by atoms with Crippen LogP contribution in [0.2, 0.25) is 5.02 Å². The third-order valence-electron chi connectivity index (χ3n) is 4.01. The van der Waals surface area contributed by atoms with E-state index in [0.29, 0.717) is 27.5 Å². The highest BCUT2D eigenvalue weighted by Crippen LogP contribution is 2.46. The maximum atomic E-state index is 8.88. The molecule has 1 aliphatic carbocycles. The van der Waals surface area contributed by atoms with E-state index in [-0.39, 0.29) is 0 Å². The van der Waals surface area contributed by atoms with Gasteiger partial charge in [-0.3, -0.25) is 0 Å². The molecule has 0 amide bonds. The zero-order chi connectivity index (χ0) is 15.0. The van der Waals surface area contributed by atoms with Gasteiger partial charge in [-0.1, -0.05) is 39.3 Å². The highest BCUT2D eigenvalue weighted by Gasteiger charge is 2.38. The molecule has 1 N–H and O–H groups in total. The summed E-state index contributed by atoms with van der Waals surface area (Å²) in [4.78, 5) is 0. The predicted octanol–water partition coefficient (Wildman–Crippen LogP) is 5.23. The molecular formula is C17H23ClN2. The summed E-state index contributed by atoms with van der Waals surface area (Å²) in [7, 11) is 0. The Morgan fingerprint density at radius 2 is 1.80 bits per heavy atom. The molecule has 1 aromatic rings. The number of anilines is 1. The summed E-state index contributed by atoms with van der Waals surface area (Å²) in [5.74, 6) is 0. The van der Waals surface area contributed by atoms with E-state index in [0.717, 1.165) is 18.5 Å². The number of nitriles is 1. The lowest BCUT2D eigenvalue weighted by Gasteiger charge is -2.45. The van der Waals surface area contributed by atoms with Gasteiger partial charge in [0.2, 0.25) is 0 Å². The summed E-state index contributed by atoms with van der Waals surface area (Å²) in [5, 5.41) is 13.1. The topological polar surface area (TPSA) is 35.8 Å². The SMILES string of the molecule is CC1(C)CC(Nc2ccc(C#N)cc2Cl)CC(C)(C)C1. The van der Waals surface area contributed by atoms with Gasteiger partial charge in [0.25, 0.3) is 0 Å². The Morgan fingerprint density at radius 3 is 2.30 bits per heavy atom. The zero-order valence-electron chi connectivity index (χ0n) is 12.8. The smallest absolute Gasteiger partial charge is 0.0992 e. The Hall–Kier alpha value is -1.20. The largest absolute Gasteiger partial charge is 0.381 e. The predicted molar refractivity (Wildman–Crippen MR) is 85.0 cm³/mol. The van der Waals surface area contributed by atoms with Crippen molar-refractivity contribution in [2.75, 3.05) is 5.32 Å². The highest BCUT2D eigenvalue weighted by molar-refractivity contribution is 6.33. The Morgan fingerprint density at radius 1 is 1.20 bits per heavy atom. The average molecular weight is 291 g/mol. The minimum atomic E-state index is 0.346. The molecule has 1 saturated carbocycles. The molecule has 2 rings (SSSR count). The van der Waals surface area contributed by atoms with E-state index in [1.807, 2.05) is 12.1 Å². The van der Waals surface area contributed by atoms with E-state index in [1.54, 1.807) is 6.07 Å². The second-order valence-corrected chi connectivity index (χ2v) is 7.97. The Kier molecular flexibility index (Phi) is 4.02. The molecule has 0 unspecified atom stereocenters. The molecule has 0 spiro atoms. The van der Waals surface area contributed by atoms with Gasteiger partial charge in [0.05, 0.1) is 22.3 Å². The number of nitrogens with one attached hydrogen (secondary N) is 1. The van der Waals surface area contributed by atoms with Crippen LogP contribution in [0.1, 0.15) is 52.5 Å². The summed E-state index contributed by atoms with van der Waals surface area (Å²) in [6.45, 7) is 9.35. The first-order chi connectivity index (χ1) is 9.21. The van der Waals surface area contributed by atoms with E-state index < -0.39 is 0 Å². The molecule has 0 aromatic heterocycles. The van der Waals surface area contributed by atoms with E-state index in [4.69, 9.17) is 16.9 Å². The molecule has 20 heavy (non-hydrogen) atoms. The third kappa shape index (κ3) is 3.67. The van der Waals surface area contributed by atoms with Crippen LogP contribution in [0.15, 0.2) is 18.2 Å². The van der Waals surface area contributed by atoms with Crippen molar-refractivity contribution in [2.24, 2.45) is 10.8 Å². The monoisotopic (exact) mass is 290 g/mol. The van der Waals surface area contributed by atoms with Crippen molar-refractivity contribution in [3.8, 4) is 6.07 Å². The average Bonchev–Trinajstić information content (AvgIpc) is 2.27. The molecule has 0 aliphatic heterocycles. The number of halogens is 1. The Balaban J connectivity index is 2.16. The molecule has 0 heterocycles. The fourth-order valence-electron chi connectivity index (χ4n) is 3.87. The number of hydrogen-bond donors (Lipinski definition) is 1. The molecule has 1 aliphatic rings. The van der Waals surface area contributed by atoms with E-state index in [9.17, 15) is 0 Å². The molecule has 0 atom stereocenters. The zero-order valence-corrected chi connectivity index (χ0v) is 13.5. The van der Waals surface area contributed by atoms with E-state index >= 15 is 0 Å². The first-order valence-corrected chi connectivity index (χ1v) is 7.55. The van der Waals surface area contributed by atoms with Crippen LogP contribution in [-0.4, -0.2) is 6.04 Å². The molecular weight excluding hydrogens is 268 g/mol. The summed E-state index contributed by atoms with van der Waals surface area (Å²) < 4.78 is 0. The van der Waals surface area contributed by atoms with Crippen molar-refractivity contribution < 1.29 is 0 Å². The van der Waals surface area contributed by atoms with Crippen LogP contribution in [0.25, 0.3) is 0 Å². The van der Waals surface area contributed by atoms with Crippen LogP contribution in [0.3, 0.4) is 0 Å². The lowest BCUT2D eigenvalue weighted by Crippen LogP contribution is -2.40. The molecule has 1 aromatic carbocycles. The fourth-order valence-corrected chi connectivity index (χ4v) is 4.10. The van der Waals surface area contributed by atoms with Crippen molar-refractivity contribution in [3.05, 3.63) is 28.8 Å². The third-order valence-corrected chi connectivity index (χ3v) is 4.33. The first-order valence-electron chi connectivity index (χ1n) is 7.17. The summed E-state index contributed by atoms with van der Waals surface area (Å²) in [6.07, 6.45) is 3.54. The van der Waals surface area contributed by atoms with Gasteiger partial charge in [0.15, 0.2) is 0 Å². The van der Waals surface area contributed by atoms with Crippen molar-refractivity contribution in [1.29, 1.82) is 5.26 Å². The molecule has 0 radical (unpaired) electrons. The van der Waals surface area contributed by atoms with Gasteiger partial charge in [-0.15, -0.1) is 0 Å². The summed E-state index contributed by atoms with van der Waals surface area (Å²) >= 11 is 6.26. The van der Waals surface area contributed by atoms with Crippen molar-refractivity contribution in [1.82, 2.24) is 0 Å². The van der Waals surface area contributed by atoms with Gasteiger partial charge < -0.3 is 5.32 Å². The lowest BCUT2D eigenvalue weighted by molar-refractivity contribution is 0.105. The van der Waals surface area contributed by atoms with Gasteiger partial charge in [0, 0.05) is 6.04 Å². The first kappa shape index (κ1) is 15.2. The van der Waals surface area contributed by atoms with Gasteiger partial charge >= 0.3 is 0 Å². The highest BCUT2D eigenvalue weighted by atomic mass is 35.5. The van der Waals surface area contributed by atoms with Crippen molar-refractivity contribution in [3.63, 3.8) is 0 Å². The molecule has 0 saturated heterocycles. The maximum absolute atomic E-state index is 8.88. The fraction of sp³-hybridized carbons (Fsp3) is 0.588. The number of benzene rings is 1. The second-order valence-electron chi connectivity index (χ2n) is 7.56.